The van der Waals surface area contributed by atoms with Crippen molar-refractivity contribution in [1.29, 1.82) is 0 Å². The summed E-state index contributed by atoms with van der Waals surface area (Å²) in [5, 5.41) is 3.50. The monoisotopic (exact) mass is 297 g/mol. The van der Waals surface area contributed by atoms with Crippen LogP contribution in [0.25, 0.3) is 0 Å². The number of amides is 1. The SMILES string of the molecule is Cc1nc([C@H](C)NC(=O)c2ncc(F)cc2F)c(C)s1. The van der Waals surface area contributed by atoms with Crippen LogP contribution in [0.5, 0.6) is 0 Å². The number of pyridine rings is 1. The topological polar surface area (TPSA) is 54.9 Å². The fraction of sp³-hybridized carbons (Fsp3) is 0.308. The first-order valence-corrected chi connectivity index (χ1v) is 6.76. The Bertz CT molecular complexity index is 657. The molecule has 1 amide bonds. The fourth-order valence-corrected chi connectivity index (χ4v) is 2.78. The van der Waals surface area contributed by atoms with Gasteiger partial charge in [0.2, 0.25) is 0 Å². The number of aromatic nitrogens is 2. The zero-order valence-electron chi connectivity index (χ0n) is 11.2. The van der Waals surface area contributed by atoms with Crippen molar-refractivity contribution >= 4 is 17.2 Å². The lowest BCUT2D eigenvalue weighted by atomic mass is 10.2. The number of nitrogens with one attached hydrogen (secondary N) is 1. The van der Waals surface area contributed by atoms with Crippen LogP contribution in [0, 0.1) is 25.5 Å². The van der Waals surface area contributed by atoms with E-state index in [-0.39, 0.29) is 6.04 Å². The van der Waals surface area contributed by atoms with Gasteiger partial charge in [0.1, 0.15) is 5.82 Å². The number of aryl methyl sites for hydroxylation is 2. The molecule has 0 spiro atoms. The molecule has 0 fully saturated rings. The molecule has 4 nitrogen and oxygen atoms in total. The molecule has 2 heterocycles. The van der Waals surface area contributed by atoms with Gasteiger partial charge in [0.05, 0.1) is 22.9 Å². The van der Waals surface area contributed by atoms with Crippen molar-refractivity contribution in [2.45, 2.75) is 26.8 Å². The molecule has 0 radical (unpaired) electrons. The lowest BCUT2D eigenvalue weighted by molar-refractivity contribution is 0.0929. The maximum Gasteiger partial charge on any atom is 0.273 e. The maximum absolute atomic E-state index is 13.5. The van der Waals surface area contributed by atoms with Gasteiger partial charge in [-0.3, -0.25) is 4.79 Å². The van der Waals surface area contributed by atoms with E-state index < -0.39 is 23.2 Å². The molecule has 0 aliphatic rings. The van der Waals surface area contributed by atoms with Crippen LogP contribution in [0.1, 0.15) is 39.0 Å². The van der Waals surface area contributed by atoms with E-state index in [0.717, 1.165) is 21.8 Å². The number of carbonyl (C=O) groups excluding carboxylic acids is 1. The van der Waals surface area contributed by atoms with Crippen molar-refractivity contribution in [3.63, 3.8) is 0 Å². The number of hydrogen-bond donors (Lipinski definition) is 1. The van der Waals surface area contributed by atoms with E-state index in [9.17, 15) is 13.6 Å². The minimum absolute atomic E-state index is 0.376. The lowest BCUT2D eigenvalue weighted by Gasteiger charge is -2.12. The lowest BCUT2D eigenvalue weighted by Crippen LogP contribution is -2.29. The molecule has 0 saturated heterocycles. The van der Waals surface area contributed by atoms with Gasteiger partial charge in [-0.25, -0.2) is 18.7 Å². The van der Waals surface area contributed by atoms with Gasteiger partial charge in [-0.15, -0.1) is 11.3 Å². The van der Waals surface area contributed by atoms with Crippen molar-refractivity contribution in [2.24, 2.45) is 0 Å². The molecule has 0 aromatic carbocycles. The summed E-state index contributed by atoms with van der Waals surface area (Å²) in [7, 11) is 0. The first-order valence-electron chi connectivity index (χ1n) is 5.94. The van der Waals surface area contributed by atoms with Crippen LogP contribution < -0.4 is 5.32 Å². The minimum Gasteiger partial charge on any atom is -0.342 e. The number of halogens is 2. The van der Waals surface area contributed by atoms with Gasteiger partial charge >= 0.3 is 0 Å². The second-order valence-corrected chi connectivity index (χ2v) is 5.76. The van der Waals surface area contributed by atoms with E-state index in [1.54, 1.807) is 6.92 Å². The molecular formula is C13H13F2N3OS. The average Bonchev–Trinajstić information content (AvgIpc) is 2.68. The van der Waals surface area contributed by atoms with E-state index in [1.165, 1.54) is 11.3 Å². The van der Waals surface area contributed by atoms with E-state index in [4.69, 9.17) is 0 Å². The Balaban J connectivity index is 2.17. The van der Waals surface area contributed by atoms with Crippen molar-refractivity contribution in [2.75, 3.05) is 0 Å². The van der Waals surface area contributed by atoms with Gasteiger partial charge in [0.15, 0.2) is 11.5 Å². The average molecular weight is 297 g/mol. The van der Waals surface area contributed by atoms with Gasteiger partial charge in [0, 0.05) is 10.9 Å². The molecule has 0 unspecified atom stereocenters. The molecule has 0 aliphatic heterocycles. The molecule has 1 N–H and O–H groups in total. The summed E-state index contributed by atoms with van der Waals surface area (Å²) in [6.07, 6.45) is 0.806. The Hall–Kier alpha value is -1.89. The smallest absolute Gasteiger partial charge is 0.273 e. The molecule has 2 aromatic rings. The third kappa shape index (κ3) is 2.98. The van der Waals surface area contributed by atoms with Crippen molar-refractivity contribution < 1.29 is 13.6 Å². The first kappa shape index (κ1) is 14.5. The number of carbonyl (C=O) groups is 1. The highest BCUT2D eigenvalue weighted by molar-refractivity contribution is 7.11. The third-order valence-corrected chi connectivity index (χ3v) is 3.62. The predicted octanol–water partition coefficient (Wildman–Crippen LogP) is 2.92. The summed E-state index contributed by atoms with van der Waals surface area (Å²) < 4.78 is 26.2. The van der Waals surface area contributed by atoms with E-state index in [2.05, 4.69) is 15.3 Å². The molecule has 1 atom stereocenters. The van der Waals surface area contributed by atoms with Gasteiger partial charge in [-0.2, -0.15) is 0 Å². The Morgan fingerprint density at radius 1 is 1.40 bits per heavy atom. The third-order valence-electron chi connectivity index (χ3n) is 2.72. The molecule has 2 rings (SSSR count). The standard InChI is InChI=1S/C13H13F2N3OS/c1-6(11-7(2)20-8(3)18-11)17-13(19)12-10(15)4-9(14)5-16-12/h4-6H,1-3H3,(H,17,19)/t6-/m0/s1. The second kappa shape index (κ2) is 5.62. The molecule has 0 bridgehead atoms. The summed E-state index contributed by atoms with van der Waals surface area (Å²) in [5.74, 6) is -2.50. The van der Waals surface area contributed by atoms with E-state index in [1.807, 2.05) is 13.8 Å². The molecule has 0 saturated carbocycles. The Labute approximate surface area is 118 Å². The van der Waals surface area contributed by atoms with Crippen molar-refractivity contribution in [3.8, 4) is 0 Å². The Morgan fingerprint density at radius 3 is 2.65 bits per heavy atom. The Kier molecular flexibility index (Phi) is 4.08. The summed E-state index contributed by atoms with van der Waals surface area (Å²) in [6, 6.07) is 0.254. The van der Waals surface area contributed by atoms with Crippen molar-refractivity contribution in [1.82, 2.24) is 15.3 Å². The highest BCUT2D eigenvalue weighted by Crippen LogP contribution is 2.22. The van der Waals surface area contributed by atoms with Crippen LogP contribution in [-0.4, -0.2) is 15.9 Å². The number of rotatable bonds is 3. The zero-order valence-corrected chi connectivity index (χ0v) is 12.0. The second-order valence-electron chi connectivity index (χ2n) is 4.35. The number of nitrogens with zero attached hydrogens (tertiary/aromatic N) is 2. The molecule has 20 heavy (non-hydrogen) atoms. The summed E-state index contributed by atoms with van der Waals surface area (Å²) in [5.41, 5.74) is 0.311. The van der Waals surface area contributed by atoms with Crippen LogP contribution >= 0.6 is 11.3 Å². The van der Waals surface area contributed by atoms with E-state index >= 15 is 0 Å². The number of hydrogen-bond acceptors (Lipinski definition) is 4. The summed E-state index contributed by atoms with van der Waals surface area (Å²) in [6.45, 7) is 5.52. The fourth-order valence-electron chi connectivity index (χ4n) is 1.86. The zero-order chi connectivity index (χ0) is 14.9. The largest absolute Gasteiger partial charge is 0.342 e. The van der Waals surface area contributed by atoms with Gasteiger partial charge < -0.3 is 5.32 Å². The quantitative estimate of drug-likeness (QED) is 0.947. The van der Waals surface area contributed by atoms with Gasteiger partial charge in [0.25, 0.3) is 5.91 Å². The summed E-state index contributed by atoms with van der Waals surface area (Å²) in [4.78, 5) is 20.7. The molecule has 106 valence electrons. The molecular weight excluding hydrogens is 284 g/mol. The number of thiazole rings is 1. The van der Waals surface area contributed by atoms with Gasteiger partial charge in [-0.1, -0.05) is 0 Å². The highest BCUT2D eigenvalue weighted by atomic mass is 32.1. The van der Waals surface area contributed by atoms with Crippen LogP contribution in [-0.2, 0) is 0 Å². The van der Waals surface area contributed by atoms with Crippen LogP contribution in [0.3, 0.4) is 0 Å². The predicted molar refractivity (Wildman–Crippen MR) is 71.6 cm³/mol. The molecule has 2 aromatic heterocycles. The first-order chi connectivity index (χ1) is 9.38. The van der Waals surface area contributed by atoms with Crippen LogP contribution in [0.15, 0.2) is 12.3 Å². The molecule has 7 heteroatoms. The van der Waals surface area contributed by atoms with Crippen LogP contribution in [0.2, 0.25) is 0 Å². The van der Waals surface area contributed by atoms with Crippen molar-refractivity contribution in [3.05, 3.63) is 45.2 Å². The van der Waals surface area contributed by atoms with Gasteiger partial charge in [-0.05, 0) is 20.8 Å². The maximum atomic E-state index is 13.5. The van der Waals surface area contributed by atoms with E-state index in [0.29, 0.717) is 6.07 Å². The Morgan fingerprint density at radius 2 is 2.10 bits per heavy atom. The summed E-state index contributed by atoms with van der Waals surface area (Å²) >= 11 is 1.52. The highest BCUT2D eigenvalue weighted by Gasteiger charge is 2.19. The van der Waals surface area contributed by atoms with Crippen LogP contribution in [0.4, 0.5) is 8.78 Å². The minimum atomic E-state index is -0.985. The normalized spacial score (nSPS) is 12.2. The molecule has 0 aliphatic carbocycles.